The number of rotatable bonds is 3. The van der Waals surface area contributed by atoms with Gasteiger partial charge in [-0.3, -0.25) is 4.79 Å². The summed E-state index contributed by atoms with van der Waals surface area (Å²) in [6.45, 7) is 0. The molecule has 0 atom stereocenters. The van der Waals surface area contributed by atoms with Gasteiger partial charge in [-0.15, -0.1) is 0 Å². The number of carbonyl (C=O) groups excluding carboxylic acids is 1. The fraction of sp³-hybridized carbons (Fsp3) is 0.312. The molecule has 21 heavy (non-hydrogen) atoms. The Morgan fingerprint density at radius 2 is 2.00 bits per heavy atom. The molecule has 5 nitrogen and oxygen atoms in total. The summed E-state index contributed by atoms with van der Waals surface area (Å²) < 4.78 is 1.75. The number of benzene rings is 1. The van der Waals surface area contributed by atoms with E-state index in [1.807, 2.05) is 36.5 Å². The van der Waals surface area contributed by atoms with Crippen LogP contribution in [0.5, 0.6) is 0 Å². The first-order chi connectivity index (χ1) is 10.2. The van der Waals surface area contributed by atoms with Gasteiger partial charge in [0, 0.05) is 18.1 Å². The SMILES string of the molecule is N#CC1(C(=O)Nc2ccc(-n3cccn3)cc2)CCCC1. The molecule has 5 heteroatoms. The van der Waals surface area contributed by atoms with Crippen molar-refractivity contribution >= 4 is 11.6 Å². The third-order valence-electron chi connectivity index (χ3n) is 4.00. The van der Waals surface area contributed by atoms with Crippen molar-refractivity contribution in [2.45, 2.75) is 25.7 Å². The number of hydrogen-bond acceptors (Lipinski definition) is 3. The van der Waals surface area contributed by atoms with Crippen LogP contribution >= 0.6 is 0 Å². The van der Waals surface area contributed by atoms with E-state index >= 15 is 0 Å². The number of nitrogens with zero attached hydrogens (tertiary/aromatic N) is 3. The molecule has 1 aliphatic rings. The minimum atomic E-state index is -0.847. The van der Waals surface area contributed by atoms with E-state index in [2.05, 4.69) is 16.5 Å². The van der Waals surface area contributed by atoms with Crippen LogP contribution in [0.25, 0.3) is 5.69 Å². The van der Waals surface area contributed by atoms with Crippen molar-refractivity contribution < 1.29 is 4.79 Å². The standard InChI is InChI=1S/C16H16N4O/c17-12-16(8-1-2-9-16)15(21)19-13-4-6-14(7-5-13)20-11-3-10-18-20/h3-7,10-11H,1-2,8-9H2,(H,19,21). The quantitative estimate of drug-likeness (QED) is 0.939. The summed E-state index contributed by atoms with van der Waals surface area (Å²) in [4.78, 5) is 12.3. The minimum absolute atomic E-state index is 0.186. The number of amides is 1. The molecule has 3 rings (SSSR count). The number of hydrogen-bond donors (Lipinski definition) is 1. The summed E-state index contributed by atoms with van der Waals surface area (Å²) >= 11 is 0. The number of anilines is 1. The highest BCUT2D eigenvalue weighted by atomic mass is 16.2. The fourth-order valence-corrected chi connectivity index (χ4v) is 2.74. The van der Waals surface area contributed by atoms with Crippen LogP contribution in [0.3, 0.4) is 0 Å². The molecule has 0 radical (unpaired) electrons. The predicted molar refractivity (Wildman–Crippen MR) is 78.7 cm³/mol. The first-order valence-corrected chi connectivity index (χ1v) is 7.06. The second kappa shape index (κ2) is 5.41. The summed E-state index contributed by atoms with van der Waals surface area (Å²) in [5.41, 5.74) is 0.784. The summed E-state index contributed by atoms with van der Waals surface area (Å²) in [6.07, 6.45) is 6.77. The van der Waals surface area contributed by atoms with Gasteiger partial charge in [0.2, 0.25) is 5.91 Å². The van der Waals surface area contributed by atoms with E-state index in [-0.39, 0.29) is 5.91 Å². The highest BCUT2D eigenvalue weighted by Crippen LogP contribution is 2.38. The molecule has 1 aromatic carbocycles. The lowest BCUT2D eigenvalue weighted by Crippen LogP contribution is -2.32. The molecular formula is C16H16N4O. The summed E-state index contributed by atoms with van der Waals surface area (Å²) in [5.74, 6) is -0.186. The molecule has 2 aromatic rings. The Bertz CT molecular complexity index is 661. The van der Waals surface area contributed by atoms with E-state index in [0.717, 1.165) is 18.5 Å². The third-order valence-corrected chi connectivity index (χ3v) is 4.00. The van der Waals surface area contributed by atoms with Crippen LogP contribution in [0, 0.1) is 16.7 Å². The van der Waals surface area contributed by atoms with Crippen LogP contribution in [0.15, 0.2) is 42.7 Å². The minimum Gasteiger partial charge on any atom is -0.325 e. The Morgan fingerprint density at radius 1 is 1.29 bits per heavy atom. The lowest BCUT2D eigenvalue weighted by molar-refractivity contribution is -0.122. The highest BCUT2D eigenvalue weighted by Gasteiger charge is 2.41. The Hall–Kier alpha value is -2.61. The molecule has 0 unspecified atom stereocenters. The van der Waals surface area contributed by atoms with Gasteiger partial charge in [-0.1, -0.05) is 12.8 Å². The van der Waals surface area contributed by atoms with E-state index in [1.165, 1.54) is 0 Å². The molecule has 0 aliphatic heterocycles. The molecule has 1 N–H and O–H groups in total. The van der Waals surface area contributed by atoms with E-state index in [1.54, 1.807) is 10.9 Å². The number of carbonyl (C=O) groups is 1. The summed E-state index contributed by atoms with van der Waals surface area (Å²) in [5, 5.41) is 16.3. The Labute approximate surface area is 123 Å². The topological polar surface area (TPSA) is 70.7 Å². The maximum absolute atomic E-state index is 12.3. The maximum atomic E-state index is 12.3. The first kappa shape index (κ1) is 13.4. The van der Waals surface area contributed by atoms with Crippen molar-refractivity contribution in [3.8, 4) is 11.8 Å². The molecule has 0 spiro atoms. The van der Waals surface area contributed by atoms with Gasteiger partial charge in [0.25, 0.3) is 0 Å². The van der Waals surface area contributed by atoms with Crippen LogP contribution < -0.4 is 5.32 Å². The van der Waals surface area contributed by atoms with Gasteiger partial charge in [0.15, 0.2) is 0 Å². The van der Waals surface area contributed by atoms with Crippen molar-refractivity contribution in [3.63, 3.8) is 0 Å². The molecular weight excluding hydrogens is 264 g/mol. The lowest BCUT2D eigenvalue weighted by atomic mass is 9.87. The van der Waals surface area contributed by atoms with Gasteiger partial charge in [0.05, 0.1) is 11.8 Å². The molecule has 1 saturated carbocycles. The third kappa shape index (κ3) is 2.52. The fourth-order valence-electron chi connectivity index (χ4n) is 2.74. The average molecular weight is 280 g/mol. The molecule has 1 aliphatic carbocycles. The van der Waals surface area contributed by atoms with Gasteiger partial charge < -0.3 is 5.32 Å². The largest absolute Gasteiger partial charge is 0.325 e. The first-order valence-electron chi connectivity index (χ1n) is 7.06. The van der Waals surface area contributed by atoms with Crippen molar-refractivity contribution in [1.29, 1.82) is 5.26 Å². The number of nitrogens with one attached hydrogen (secondary N) is 1. The average Bonchev–Trinajstić information content (AvgIpc) is 3.20. The van der Waals surface area contributed by atoms with Crippen molar-refractivity contribution in [2.75, 3.05) is 5.32 Å². The van der Waals surface area contributed by atoms with Crippen LogP contribution in [0.4, 0.5) is 5.69 Å². The Balaban J connectivity index is 1.74. The molecule has 1 aromatic heterocycles. The van der Waals surface area contributed by atoms with Gasteiger partial charge in [-0.25, -0.2) is 4.68 Å². The second-order valence-corrected chi connectivity index (χ2v) is 5.35. The van der Waals surface area contributed by atoms with Crippen LogP contribution in [-0.2, 0) is 4.79 Å². The normalized spacial score (nSPS) is 16.3. The van der Waals surface area contributed by atoms with Crippen LogP contribution in [0.2, 0.25) is 0 Å². The smallest absolute Gasteiger partial charge is 0.244 e. The molecule has 106 valence electrons. The second-order valence-electron chi connectivity index (χ2n) is 5.35. The van der Waals surface area contributed by atoms with Crippen molar-refractivity contribution in [3.05, 3.63) is 42.7 Å². The predicted octanol–water partition coefficient (Wildman–Crippen LogP) is 2.89. The van der Waals surface area contributed by atoms with Crippen molar-refractivity contribution in [1.82, 2.24) is 9.78 Å². The zero-order chi connectivity index (χ0) is 14.7. The Morgan fingerprint density at radius 3 is 2.57 bits per heavy atom. The number of aromatic nitrogens is 2. The zero-order valence-corrected chi connectivity index (χ0v) is 11.6. The van der Waals surface area contributed by atoms with Crippen molar-refractivity contribution in [2.24, 2.45) is 5.41 Å². The number of nitriles is 1. The molecule has 0 saturated heterocycles. The monoisotopic (exact) mass is 280 g/mol. The zero-order valence-electron chi connectivity index (χ0n) is 11.6. The van der Waals surface area contributed by atoms with E-state index < -0.39 is 5.41 Å². The summed E-state index contributed by atoms with van der Waals surface area (Å²) in [6, 6.07) is 11.5. The van der Waals surface area contributed by atoms with E-state index in [9.17, 15) is 10.1 Å². The van der Waals surface area contributed by atoms with Crippen LogP contribution in [0.1, 0.15) is 25.7 Å². The Kier molecular flexibility index (Phi) is 3.44. The van der Waals surface area contributed by atoms with Gasteiger partial charge in [0.1, 0.15) is 5.41 Å². The lowest BCUT2D eigenvalue weighted by Gasteiger charge is -2.19. The van der Waals surface area contributed by atoms with E-state index in [0.29, 0.717) is 18.5 Å². The molecule has 1 heterocycles. The highest BCUT2D eigenvalue weighted by molar-refractivity contribution is 5.97. The summed E-state index contributed by atoms with van der Waals surface area (Å²) in [7, 11) is 0. The van der Waals surface area contributed by atoms with Gasteiger partial charge in [-0.2, -0.15) is 10.4 Å². The maximum Gasteiger partial charge on any atom is 0.244 e. The molecule has 1 fully saturated rings. The molecule has 0 bridgehead atoms. The van der Waals surface area contributed by atoms with Gasteiger partial charge >= 0.3 is 0 Å². The van der Waals surface area contributed by atoms with Gasteiger partial charge in [-0.05, 0) is 43.2 Å². The molecule has 1 amide bonds. The van der Waals surface area contributed by atoms with Crippen LogP contribution in [-0.4, -0.2) is 15.7 Å². The van der Waals surface area contributed by atoms with E-state index in [4.69, 9.17) is 0 Å².